The van der Waals surface area contributed by atoms with E-state index in [-0.39, 0.29) is 5.04 Å². The van der Waals surface area contributed by atoms with Crippen LogP contribution in [0.25, 0.3) is 0 Å². The molecule has 0 bridgehead atoms. The molecule has 0 saturated heterocycles. The van der Waals surface area contributed by atoms with Gasteiger partial charge in [0.05, 0.1) is 0 Å². The molecule has 0 amide bonds. The van der Waals surface area contributed by atoms with Gasteiger partial charge >= 0.3 is 0 Å². The predicted octanol–water partition coefficient (Wildman–Crippen LogP) is 4.12. The molecule has 0 aromatic heterocycles. The van der Waals surface area contributed by atoms with Crippen molar-refractivity contribution in [3.8, 4) is 12.3 Å². The third-order valence-corrected chi connectivity index (χ3v) is 10.1. The molecule has 0 fully saturated rings. The van der Waals surface area contributed by atoms with E-state index in [9.17, 15) is 5.11 Å². The Hall–Kier alpha value is -1.86. The molecule has 1 atom stereocenters. The standard InChI is InChI=1S/C24H32O2Si/c1-5-21(25)15-9-8-14-20-26-27(24(2,3)4,22-16-10-6-11-17-22)23-18-12-7-13-19-23/h1,6-7,10-13,16-19,21,25H,8-9,14-15,20H2,2-4H3. The van der Waals surface area contributed by atoms with Gasteiger partial charge < -0.3 is 9.53 Å². The molecule has 0 radical (unpaired) electrons. The molecule has 27 heavy (non-hydrogen) atoms. The molecule has 0 aliphatic carbocycles. The third kappa shape index (κ3) is 5.32. The number of unbranched alkanes of at least 4 members (excludes halogenated alkanes) is 2. The molecule has 0 heterocycles. The zero-order valence-electron chi connectivity index (χ0n) is 16.8. The summed E-state index contributed by atoms with van der Waals surface area (Å²) in [5, 5.41) is 12.1. The van der Waals surface area contributed by atoms with E-state index in [1.54, 1.807) is 0 Å². The van der Waals surface area contributed by atoms with E-state index in [1.807, 2.05) is 0 Å². The van der Waals surface area contributed by atoms with Gasteiger partial charge in [-0.2, -0.15) is 0 Å². The number of terminal acetylenes is 1. The highest BCUT2D eigenvalue weighted by molar-refractivity contribution is 6.99. The van der Waals surface area contributed by atoms with Gasteiger partial charge in [-0.05, 0) is 34.7 Å². The monoisotopic (exact) mass is 380 g/mol. The van der Waals surface area contributed by atoms with Crippen molar-refractivity contribution in [2.75, 3.05) is 6.61 Å². The zero-order chi connectivity index (χ0) is 19.8. The molecule has 2 aromatic carbocycles. The van der Waals surface area contributed by atoms with Crippen LogP contribution in [-0.2, 0) is 4.43 Å². The lowest BCUT2D eigenvalue weighted by Crippen LogP contribution is -2.66. The van der Waals surface area contributed by atoms with Gasteiger partial charge in [0.25, 0.3) is 8.32 Å². The number of aliphatic hydroxyl groups is 1. The Balaban J connectivity index is 2.22. The van der Waals surface area contributed by atoms with E-state index in [0.29, 0.717) is 6.42 Å². The fraction of sp³-hybridized carbons (Fsp3) is 0.417. The van der Waals surface area contributed by atoms with Crippen LogP contribution in [0.2, 0.25) is 5.04 Å². The minimum Gasteiger partial charge on any atom is -0.407 e. The fourth-order valence-corrected chi connectivity index (χ4v) is 8.29. The summed E-state index contributed by atoms with van der Waals surface area (Å²) in [4.78, 5) is 0. The second-order valence-electron chi connectivity index (χ2n) is 8.04. The van der Waals surface area contributed by atoms with Crippen molar-refractivity contribution in [3.63, 3.8) is 0 Å². The summed E-state index contributed by atoms with van der Waals surface area (Å²) in [5.41, 5.74) is 0. The van der Waals surface area contributed by atoms with Crippen LogP contribution in [0.3, 0.4) is 0 Å². The van der Waals surface area contributed by atoms with Crippen molar-refractivity contribution in [1.29, 1.82) is 0 Å². The number of hydrogen-bond donors (Lipinski definition) is 1. The Kier molecular flexibility index (Phi) is 7.86. The maximum absolute atomic E-state index is 9.49. The van der Waals surface area contributed by atoms with Crippen molar-refractivity contribution in [3.05, 3.63) is 60.7 Å². The number of rotatable bonds is 9. The Bertz CT molecular complexity index is 674. The first-order valence-electron chi connectivity index (χ1n) is 9.81. The quantitative estimate of drug-likeness (QED) is 0.403. The molecule has 0 saturated carbocycles. The Morgan fingerprint density at radius 3 is 1.89 bits per heavy atom. The van der Waals surface area contributed by atoms with E-state index in [2.05, 4.69) is 87.4 Å². The third-order valence-electron chi connectivity index (χ3n) is 5.05. The predicted molar refractivity (Wildman–Crippen MR) is 117 cm³/mol. The number of benzene rings is 2. The Morgan fingerprint density at radius 1 is 0.926 bits per heavy atom. The fourth-order valence-electron chi connectivity index (χ4n) is 3.69. The van der Waals surface area contributed by atoms with Gasteiger partial charge in [0.1, 0.15) is 6.10 Å². The van der Waals surface area contributed by atoms with Crippen molar-refractivity contribution >= 4 is 18.7 Å². The van der Waals surface area contributed by atoms with Crippen LogP contribution < -0.4 is 10.4 Å². The van der Waals surface area contributed by atoms with Crippen LogP contribution in [0.15, 0.2) is 60.7 Å². The normalized spacial score (nSPS) is 13.1. The van der Waals surface area contributed by atoms with E-state index in [0.717, 1.165) is 25.9 Å². The molecule has 2 nitrogen and oxygen atoms in total. The van der Waals surface area contributed by atoms with Crippen LogP contribution in [0.1, 0.15) is 46.5 Å². The molecule has 0 spiro atoms. The highest BCUT2D eigenvalue weighted by Crippen LogP contribution is 2.36. The van der Waals surface area contributed by atoms with E-state index >= 15 is 0 Å². The maximum Gasteiger partial charge on any atom is 0.261 e. The largest absolute Gasteiger partial charge is 0.407 e. The summed E-state index contributed by atoms with van der Waals surface area (Å²) < 4.78 is 6.84. The van der Waals surface area contributed by atoms with Crippen LogP contribution in [0.5, 0.6) is 0 Å². The summed E-state index contributed by atoms with van der Waals surface area (Å²) in [6, 6.07) is 21.4. The molecule has 0 aliphatic rings. The van der Waals surface area contributed by atoms with Crippen LogP contribution >= 0.6 is 0 Å². The second-order valence-corrected chi connectivity index (χ2v) is 12.3. The summed E-state index contributed by atoms with van der Waals surface area (Å²) >= 11 is 0. The summed E-state index contributed by atoms with van der Waals surface area (Å²) in [5.74, 6) is 2.37. The second kappa shape index (κ2) is 9.89. The molecule has 1 unspecified atom stereocenters. The highest BCUT2D eigenvalue weighted by atomic mass is 28.4. The SMILES string of the molecule is C#CC(O)CCCCCO[Si](c1ccccc1)(c1ccccc1)C(C)(C)C. The molecular formula is C24H32O2Si. The average molecular weight is 381 g/mol. The molecule has 3 heteroatoms. The number of hydrogen-bond acceptors (Lipinski definition) is 2. The molecule has 1 N–H and O–H groups in total. The van der Waals surface area contributed by atoms with Crippen LogP contribution in [0.4, 0.5) is 0 Å². The molecule has 144 valence electrons. The van der Waals surface area contributed by atoms with Crippen molar-refractivity contribution in [2.24, 2.45) is 0 Å². The van der Waals surface area contributed by atoms with E-state index in [1.165, 1.54) is 10.4 Å². The minimum absolute atomic E-state index is 0.00930. The lowest BCUT2D eigenvalue weighted by molar-refractivity contribution is 0.214. The smallest absolute Gasteiger partial charge is 0.261 e. The van der Waals surface area contributed by atoms with Gasteiger partial charge in [0.15, 0.2) is 0 Å². The first kappa shape index (κ1) is 21.4. The number of aliphatic hydroxyl groups excluding tert-OH is 1. The lowest BCUT2D eigenvalue weighted by atomic mass is 10.1. The molecular weight excluding hydrogens is 348 g/mol. The summed E-state index contributed by atoms with van der Waals surface area (Å²) in [6.45, 7) is 7.60. The van der Waals surface area contributed by atoms with Crippen molar-refractivity contribution in [1.82, 2.24) is 0 Å². The van der Waals surface area contributed by atoms with Crippen molar-refractivity contribution < 1.29 is 9.53 Å². The summed E-state index contributed by atoms with van der Waals surface area (Å²) in [6.07, 6.45) is 8.18. The summed E-state index contributed by atoms with van der Waals surface area (Å²) in [7, 11) is -2.42. The maximum atomic E-state index is 9.49. The Morgan fingerprint density at radius 2 is 1.44 bits per heavy atom. The average Bonchev–Trinajstić information content (AvgIpc) is 2.67. The van der Waals surface area contributed by atoms with E-state index in [4.69, 9.17) is 10.8 Å². The molecule has 2 rings (SSSR count). The van der Waals surface area contributed by atoms with Gasteiger partial charge in [-0.25, -0.2) is 0 Å². The first-order valence-corrected chi connectivity index (χ1v) is 11.7. The van der Waals surface area contributed by atoms with Gasteiger partial charge in [-0.15, -0.1) is 6.42 Å². The van der Waals surface area contributed by atoms with E-state index < -0.39 is 14.4 Å². The van der Waals surface area contributed by atoms with Gasteiger partial charge in [0, 0.05) is 6.61 Å². The lowest BCUT2D eigenvalue weighted by Gasteiger charge is -2.43. The van der Waals surface area contributed by atoms with Crippen LogP contribution in [0, 0.1) is 12.3 Å². The zero-order valence-corrected chi connectivity index (χ0v) is 17.8. The van der Waals surface area contributed by atoms with Gasteiger partial charge in [-0.3, -0.25) is 0 Å². The minimum atomic E-state index is -2.42. The van der Waals surface area contributed by atoms with Crippen LogP contribution in [-0.4, -0.2) is 26.1 Å². The first-order chi connectivity index (χ1) is 12.9. The molecule has 0 aliphatic heterocycles. The Labute approximate surface area is 165 Å². The van der Waals surface area contributed by atoms with Gasteiger partial charge in [0.2, 0.25) is 0 Å². The van der Waals surface area contributed by atoms with Crippen molar-refractivity contribution in [2.45, 2.75) is 57.6 Å². The van der Waals surface area contributed by atoms with Gasteiger partial charge in [-0.1, -0.05) is 93.8 Å². The molecule has 2 aromatic rings. The highest BCUT2D eigenvalue weighted by Gasteiger charge is 2.49. The topological polar surface area (TPSA) is 29.5 Å².